The van der Waals surface area contributed by atoms with Crippen LogP contribution in [0.3, 0.4) is 0 Å². The third-order valence-electron chi connectivity index (χ3n) is 6.79. The number of pyridine rings is 1. The average Bonchev–Trinajstić information content (AvgIpc) is 3.58. The Morgan fingerprint density at radius 1 is 0.938 bits per heavy atom. The topological polar surface area (TPSA) is 50.1 Å². The van der Waals surface area contributed by atoms with Crippen LogP contribution in [0.15, 0.2) is 30.3 Å². The number of piperidine rings is 1. The quantitative estimate of drug-likeness (QED) is 0.545. The molecule has 0 bridgehead atoms. The van der Waals surface area contributed by atoms with Crippen molar-refractivity contribution in [1.29, 1.82) is 0 Å². The van der Waals surface area contributed by atoms with Gasteiger partial charge in [0.25, 0.3) is 5.95 Å². The molecule has 2 aromatic heterocycles. The van der Waals surface area contributed by atoms with Crippen LogP contribution in [0.25, 0.3) is 5.69 Å². The third-order valence-corrected chi connectivity index (χ3v) is 7.03. The lowest BCUT2D eigenvalue weighted by molar-refractivity contribution is 0.243. The minimum Gasteiger partial charge on any atom is -0.356 e. The summed E-state index contributed by atoms with van der Waals surface area (Å²) in [7, 11) is 0. The number of hydrogen-bond donors (Lipinski definition) is 0. The van der Waals surface area contributed by atoms with Crippen molar-refractivity contribution in [3.05, 3.63) is 64.3 Å². The highest BCUT2D eigenvalue weighted by Crippen LogP contribution is 2.37. The second-order valence-corrected chi connectivity index (χ2v) is 9.36. The van der Waals surface area contributed by atoms with Crippen molar-refractivity contribution in [2.75, 3.05) is 18.0 Å². The molecular weight excluding hydrogens is 434 g/mol. The van der Waals surface area contributed by atoms with E-state index in [0.717, 1.165) is 54.4 Å². The van der Waals surface area contributed by atoms with Crippen molar-refractivity contribution >= 4 is 17.4 Å². The Hall–Kier alpha value is -2.58. The van der Waals surface area contributed by atoms with E-state index in [9.17, 15) is 8.78 Å². The Morgan fingerprint density at radius 3 is 2.50 bits per heavy atom. The number of benzene rings is 1. The number of hydrogen-bond acceptors (Lipinski definition) is 5. The first kappa shape index (κ1) is 20.1. The molecule has 0 radical (unpaired) electrons. The summed E-state index contributed by atoms with van der Waals surface area (Å²) in [5, 5.41) is 9.97. The van der Waals surface area contributed by atoms with E-state index in [2.05, 4.69) is 36.8 Å². The molecule has 0 amide bonds. The molecule has 0 unspecified atom stereocenters. The molecule has 6 rings (SSSR count). The van der Waals surface area contributed by atoms with Crippen LogP contribution in [0.2, 0.25) is 5.02 Å². The molecule has 32 heavy (non-hydrogen) atoms. The number of anilines is 1. The largest absolute Gasteiger partial charge is 0.356 e. The van der Waals surface area contributed by atoms with Gasteiger partial charge in [0.2, 0.25) is 0 Å². The van der Waals surface area contributed by atoms with E-state index in [0.29, 0.717) is 24.9 Å². The molecule has 166 valence electrons. The Balaban J connectivity index is 1.29. The number of aromatic nitrogens is 4. The minimum atomic E-state index is -1.05. The summed E-state index contributed by atoms with van der Waals surface area (Å²) in [6, 6.07) is 9.34. The van der Waals surface area contributed by atoms with Gasteiger partial charge < -0.3 is 4.90 Å². The molecule has 1 saturated carbocycles. The summed E-state index contributed by atoms with van der Waals surface area (Å²) in [5.41, 5.74) is 2.31. The normalized spacial score (nSPS) is 19.5. The number of fused-ring (bicyclic) bond motifs is 3. The smallest absolute Gasteiger partial charge is 0.250 e. The lowest BCUT2D eigenvalue weighted by Gasteiger charge is -2.32. The van der Waals surface area contributed by atoms with Crippen LogP contribution in [-0.4, -0.2) is 43.8 Å². The molecule has 1 aromatic carbocycles. The van der Waals surface area contributed by atoms with Crippen LogP contribution in [0.4, 0.5) is 14.6 Å². The second-order valence-electron chi connectivity index (χ2n) is 8.92. The van der Waals surface area contributed by atoms with Crippen LogP contribution < -0.4 is 4.90 Å². The van der Waals surface area contributed by atoms with Gasteiger partial charge >= 0.3 is 0 Å². The van der Waals surface area contributed by atoms with Gasteiger partial charge in [-0.3, -0.25) is 9.47 Å². The first-order valence-electron chi connectivity index (χ1n) is 11.1. The summed E-state index contributed by atoms with van der Waals surface area (Å²) in [6.07, 6.45) is 4.14. The molecule has 3 aliphatic rings. The van der Waals surface area contributed by atoms with Gasteiger partial charge in [-0.1, -0.05) is 11.6 Å². The van der Waals surface area contributed by atoms with Gasteiger partial charge in [-0.15, -0.1) is 10.2 Å². The van der Waals surface area contributed by atoms with Crippen LogP contribution in [0.5, 0.6) is 0 Å². The molecular formula is C23H23ClF2N6. The Morgan fingerprint density at radius 2 is 1.75 bits per heavy atom. The van der Waals surface area contributed by atoms with E-state index in [1.807, 2.05) is 11.0 Å². The van der Waals surface area contributed by atoms with E-state index in [1.165, 1.54) is 24.5 Å². The van der Waals surface area contributed by atoms with E-state index < -0.39 is 11.8 Å². The van der Waals surface area contributed by atoms with Crippen molar-refractivity contribution in [2.24, 2.45) is 0 Å². The predicted octanol–water partition coefficient (Wildman–Crippen LogP) is 4.46. The van der Waals surface area contributed by atoms with Gasteiger partial charge in [-0.25, -0.2) is 4.39 Å². The van der Waals surface area contributed by atoms with Gasteiger partial charge in [0, 0.05) is 36.6 Å². The summed E-state index contributed by atoms with van der Waals surface area (Å²) in [6.45, 7) is 3.05. The van der Waals surface area contributed by atoms with Crippen molar-refractivity contribution in [3.63, 3.8) is 0 Å². The summed E-state index contributed by atoms with van der Waals surface area (Å²) >= 11 is 6.34. The minimum absolute atomic E-state index is 0.230. The highest BCUT2D eigenvalue weighted by molar-refractivity contribution is 6.30. The lowest BCUT2D eigenvalue weighted by Crippen LogP contribution is -2.34. The summed E-state index contributed by atoms with van der Waals surface area (Å²) in [5.74, 6) is 0.671. The van der Waals surface area contributed by atoms with Crippen LogP contribution in [0, 0.1) is 11.8 Å². The third kappa shape index (κ3) is 3.55. The van der Waals surface area contributed by atoms with Crippen molar-refractivity contribution in [3.8, 4) is 5.69 Å². The average molecular weight is 457 g/mol. The van der Waals surface area contributed by atoms with E-state index in [1.54, 1.807) is 0 Å². The van der Waals surface area contributed by atoms with Crippen molar-refractivity contribution < 1.29 is 8.78 Å². The Kier molecular flexibility index (Phi) is 4.87. The van der Waals surface area contributed by atoms with E-state index >= 15 is 0 Å². The second kappa shape index (κ2) is 7.78. The molecule has 4 heterocycles. The highest BCUT2D eigenvalue weighted by atomic mass is 35.5. The molecule has 6 nitrogen and oxygen atoms in total. The van der Waals surface area contributed by atoms with Crippen LogP contribution in [-0.2, 0) is 13.1 Å². The molecule has 1 aliphatic carbocycles. The molecule has 0 N–H and O–H groups in total. The molecule has 1 saturated heterocycles. The van der Waals surface area contributed by atoms with E-state index in [-0.39, 0.29) is 5.92 Å². The zero-order valence-electron chi connectivity index (χ0n) is 17.5. The fraction of sp³-hybridized carbons (Fsp3) is 0.435. The maximum atomic E-state index is 13.6. The number of halogens is 3. The van der Waals surface area contributed by atoms with Crippen LogP contribution in [0.1, 0.15) is 48.8 Å². The highest BCUT2D eigenvalue weighted by Gasteiger charge is 2.35. The van der Waals surface area contributed by atoms with Crippen molar-refractivity contribution in [1.82, 2.24) is 24.6 Å². The molecule has 3 aromatic rings. The lowest BCUT2D eigenvalue weighted by atomic mass is 9.95. The van der Waals surface area contributed by atoms with Gasteiger partial charge in [0.05, 0.1) is 12.2 Å². The maximum Gasteiger partial charge on any atom is 0.250 e. The van der Waals surface area contributed by atoms with Gasteiger partial charge in [-0.05, 0) is 61.6 Å². The standard InChI is InChI=1S/C23H23ClF2N6/c24-16-1-5-19-15(11-16)12-31(17-2-3-17)13-21-28-29-23(32(19)21)14-7-9-30(10-8-14)20-6-4-18(25)22(26)27-20/h1,4-6,11,14,17H,2-3,7-10,12-13H2. The fourth-order valence-electron chi connectivity index (χ4n) is 4.96. The predicted molar refractivity (Wildman–Crippen MR) is 117 cm³/mol. The first-order valence-corrected chi connectivity index (χ1v) is 11.5. The summed E-state index contributed by atoms with van der Waals surface area (Å²) < 4.78 is 29.1. The zero-order chi connectivity index (χ0) is 21.8. The van der Waals surface area contributed by atoms with Crippen molar-refractivity contribution in [2.45, 2.75) is 50.7 Å². The molecule has 0 atom stereocenters. The Labute approximate surface area is 189 Å². The van der Waals surface area contributed by atoms with E-state index in [4.69, 9.17) is 11.6 Å². The maximum absolute atomic E-state index is 13.6. The van der Waals surface area contributed by atoms with Crippen LogP contribution >= 0.6 is 11.6 Å². The SMILES string of the molecule is Fc1ccc(N2CCC(c3nnc4n3-c3ccc(Cl)cc3CN(C3CC3)C4)CC2)nc1F. The molecule has 0 spiro atoms. The molecule has 2 fully saturated rings. The first-order chi connectivity index (χ1) is 15.6. The van der Waals surface area contributed by atoms with Gasteiger partial charge in [0.15, 0.2) is 11.6 Å². The number of rotatable bonds is 3. The summed E-state index contributed by atoms with van der Waals surface area (Å²) in [4.78, 5) is 8.25. The Bertz CT molecular complexity index is 1170. The monoisotopic (exact) mass is 456 g/mol. The zero-order valence-corrected chi connectivity index (χ0v) is 18.3. The number of nitrogens with zero attached hydrogens (tertiary/aromatic N) is 6. The molecule has 9 heteroatoms. The van der Waals surface area contributed by atoms with Gasteiger partial charge in [0.1, 0.15) is 11.6 Å². The molecule has 2 aliphatic heterocycles. The van der Waals surface area contributed by atoms with Gasteiger partial charge in [-0.2, -0.15) is 9.37 Å². The fourth-order valence-corrected chi connectivity index (χ4v) is 5.16.